The Hall–Kier alpha value is -1.04. The summed E-state index contributed by atoms with van der Waals surface area (Å²) in [5.74, 6) is 0. The first-order chi connectivity index (χ1) is 5.63. The van der Waals surface area contributed by atoms with Gasteiger partial charge in [0.25, 0.3) is 0 Å². The van der Waals surface area contributed by atoms with Crippen LogP contribution in [0.15, 0.2) is 18.2 Å². The molecule has 0 aliphatic carbocycles. The second-order valence-corrected chi connectivity index (χ2v) is 3.11. The van der Waals surface area contributed by atoms with Crippen LogP contribution in [-0.4, -0.2) is 0 Å². The first-order valence-electron chi connectivity index (χ1n) is 3.59. The Morgan fingerprint density at radius 2 is 2.17 bits per heavy atom. The highest BCUT2D eigenvalue weighted by molar-refractivity contribution is 6.30. The fraction of sp³-hybridized carbons (Fsp3) is 0.222. The molecule has 1 aromatic rings. The molecule has 2 N–H and O–H groups in total. The van der Waals surface area contributed by atoms with Crippen molar-refractivity contribution >= 4 is 11.6 Å². The summed E-state index contributed by atoms with van der Waals surface area (Å²) in [5, 5.41) is 9.18. The van der Waals surface area contributed by atoms with Gasteiger partial charge >= 0.3 is 0 Å². The van der Waals surface area contributed by atoms with Crippen LogP contribution in [0.2, 0.25) is 5.02 Å². The van der Waals surface area contributed by atoms with Crippen LogP contribution in [0.5, 0.6) is 0 Å². The molecular weight excluding hydrogens is 172 g/mol. The second kappa shape index (κ2) is 3.57. The van der Waals surface area contributed by atoms with Crippen molar-refractivity contribution in [3.05, 3.63) is 34.3 Å². The summed E-state index contributed by atoms with van der Waals surface area (Å²) >= 11 is 5.77. The molecule has 3 heteroatoms. The predicted molar refractivity (Wildman–Crippen MR) is 48.8 cm³/mol. The molecule has 1 aromatic carbocycles. The lowest BCUT2D eigenvalue weighted by molar-refractivity contribution is 0.818. The smallest absolute Gasteiger partial charge is 0.0992 e. The maximum Gasteiger partial charge on any atom is 0.0992 e. The summed E-state index contributed by atoms with van der Waals surface area (Å²) in [7, 11) is 0. The molecule has 1 atom stereocenters. The lowest BCUT2D eigenvalue weighted by Gasteiger charge is -2.05. The van der Waals surface area contributed by atoms with Gasteiger partial charge in [0.2, 0.25) is 0 Å². The summed E-state index contributed by atoms with van der Waals surface area (Å²) < 4.78 is 0. The third-order valence-electron chi connectivity index (χ3n) is 1.57. The zero-order valence-electron chi connectivity index (χ0n) is 6.71. The number of nitriles is 1. The third kappa shape index (κ3) is 1.97. The molecule has 0 aromatic heterocycles. The molecule has 0 bridgehead atoms. The normalized spacial score (nSPS) is 12.2. The zero-order valence-corrected chi connectivity index (χ0v) is 7.47. The van der Waals surface area contributed by atoms with E-state index in [1.54, 1.807) is 18.2 Å². The first-order valence-corrected chi connectivity index (χ1v) is 3.97. The van der Waals surface area contributed by atoms with Crippen molar-refractivity contribution in [1.29, 1.82) is 5.26 Å². The van der Waals surface area contributed by atoms with Gasteiger partial charge in [-0.25, -0.2) is 0 Å². The van der Waals surface area contributed by atoms with Crippen LogP contribution < -0.4 is 5.73 Å². The number of benzene rings is 1. The number of halogens is 1. The molecule has 0 radical (unpaired) electrons. The van der Waals surface area contributed by atoms with Gasteiger partial charge in [0.05, 0.1) is 11.6 Å². The number of nitrogens with two attached hydrogens (primary N) is 1. The molecule has 1 unspecified atom stereocenters. The molecule has 0 spiro atoms. The van der Waals surface area contributed by atoms with Crippen molar-refractivity contribution in [1.82, 2.24) is 0 Å². The van der Waals surface area contributed by atoms with Crippen molar-refractivity contribution in [2.24, 2.45) is 5.73 Å². The molecule has 0 aliphatic heterocycles. The van der Waals surface area contributed by atoms with E-state index in [0.717, 1.165) is 5.56 Å². The van der Waals surface area contributed by atoms with Crippen molar-refractivity contribution in [3.8, 4) is 6.07 Å². The minimum absolute atomic E-state index is 0.0872. The van der Waals surface area contributed by atoms with Crippen LogP contribution >= 0.6 is 11.6 Å². The highest BCUT2D eigenvalue weighted by atomic mass is 35.5. The van der Waals surface area contributed by atoms with Crippen LogP contribution in [0.1, 0.15) is 24.1 Å². The number of rotatable bonds is 1. The fourth-order valence-corrected chi connectivity index (χ4v) is 1.18. The third-order valence-corrected chi connectivity index (χ3v) is 1.79. The number of hydrogen-bond acceptors (Lipinski definition) is 2. The van der Waals surface area contributed by atoms with Crippen molar-refractivity contribution in [3.63, 3.8) is 0 Å². The molecule has 0 aliphatic rings. The van der Waals surface area contributed by atoms with E-state index in [0.29, 0.717) is 10.6 Å². The van der Waals surface area contributed by atoms with Crippen molar-refractivity contribution in [2.75, 3.05) is 0 Å². The van der Waals surface area contributed by atoms with Crippen molar-refractivity contribution in [2.45, 2.75) is 13.0 Å². The number of hydrogen-bond donors (Lipinski definition) is 1. The van der Waals surface area contributed by atoms with Crippen LogP contribution in [0.4, 0.5) is 0 Å². The molecule has 1 rings (SSSR count). The van der Waals surface area contributed by atoms with Gasteiger partial charge in [-0.15, -0.1) is 0 Å². The Labute approximate surface area is 76.6 Å². The molecule has 2 nitrogen and oxygen atoms in total. The first kappa shape index (κ1) is 9.05. The van der Waals surface area contributed by atoms with E-state index >= 15 is 0 Å². The van der Waals surface area contributed by atoms with Gasteiger partial charge in [-0.2, -0.15) is 5.26 Å². The summed E-state index contributed by atoms with van der Waals surface area (Å²) in [6, 6.07) is 7.07. The van der Waals surface area contributed by atoms with Crippen LogP contribution in [0, 0.1) is 11.3 Å². The van der Waals surface area contributed by atoms with Gasteiger partial charge in [-0.3, -0.25) is 0 Å². The van der Waals surface area contributed by atoms with E-state index in [2.05, 4.69) is 0 Å². The quantitative estimate of drug-likeness (QED) is 0.721. The maximum atomic E-state index is 8.62. The molecule has 0 amide bonds. The minimum atomic E-state index is -0.0872. The topological polar surface area (TPSA) is 49.8 Å². The lowest BCUT2D eigenvalue weighted by Crippen LogP contribution is -2.04. The van der Waals surface area contributed by atoms with Crippen LogP contribution in [-0.2, 0) is 0 Å². The molecule has 0 heterocycles. The van der Waals surface area contributed by atoms with E-state index in [4.69, 9.17) is 22.6 Å². The molecular formula is C9H9ClN2. The Bertz CT molecular complexity index is 326. The minimum Gasteiger partial charge on any atom is -0.324 e. The monoisotopic (exact) mass is 180 g/mol. The Morgan fingerprint density at radius 3 is 2.67 bits per heavy atom. The summed E-state index contributed by atoms with van der Waals surface area (Å²) in [6.45, 7) is 1.85. The molecule has 12 heavy (non-hydrogen) atoms. The summed E-state index contributed by atoms with van der Waals surface area (Å²) in [4.78, 5) is 0. The molecule has 62 valence electrons. The van der Waals surface area contributed by atoms with E-state index in [1.807, 2.05) is 13.0 Å². The van der Waals surface area contributed by atoms with Crippen molar-refractivity contribution < 1.29 is 0 Å². The zero-order chi connectivity index (χ0) is 9.14. The van der Waals surface area contributed by atoms with Gasteiger partial charge in [0.15, 0.2) is 0 Å². The van der Waals surface area contributed by atoms with E-state index in [-0.39, 0.29) is 6.04 Å². The van der Waals surface area contributed by atoms with E-state index in [9.17, 15) is 0 Å². The van der Waals surface area contributed by atoms with Gasteiger partial charge in [0, 0.05) is 11.1 Å². The average molecular weight is 181 g/mol. The van der Waals surface area contributed by atoms with Gasteiger partial charge < -0.3 is 5.73 Å². The second-order valence-electron chi connectivity index (χ2n) is 2.67. The highest BCUT2D eigenvalue weighted by Crippen LogP contribution is 2.18. The Morgan fingerprint density at radius 1 is 1.50 bits per heavy atom. The van der Waals surface area contributed by atoms with E-state index < -0.39 is 0 Å². The van der Waals surface area contributed by atoms with Gasteiger partial charge in [0.1, 0.15) is 0 Å². The Balaban J connectivity index is 3.17. The number of nitrogens with zero attached hydrogens (tertiary/aromatic N) is 1. The maximum absolute atomic E-state index is 8.62. The lowest BCUT2D eigenvalue weighted by atomic mass is 10.1. The average Bonchev–Trinajstić information content (AvgIpc) is 2.03. The fourth-order valence-electron chi connectivity index (χ4n) is 0.940. The summed E-state index contributed by atoms with van der Waals surface area (Å²) in [6.07, 6.45) is 0. The predicted octanol–water partition coefficient (Wildman–Crippen LogP) is 2.23. The van der Waals surface area contributed by atoms with Gasteiger partial charge in [-0.05, 0) is 30.7 Å². The Kier molecular flexibility index (Phi) is 2.69. The molecule has 0 saturated carbocycles. The SMILES string of the molecule is CC(N)c1cc(Cl)cc(C#N)c1. The standard InChI is InChI=1S/C9H9ClN2/c1-6(12)8-2-7(5-11)3-9(10)4-8/h2-4,6H,12H2,1H3. The van der Waals surface area contributed by atoms with E-state index in [1.165, 1.54) is 0 Å². The van der Waals surface area contributed by atoms with Crippen LogP contribution in [0.25, 0.3) is 0 Å². The molecule has 0 saturated heterocycles. The molecule has 0 fully saturated rings. The van der Waals surface area contributed by atoms with Gasteiger partial charge in [-0.1, -0.05) is 11.6 Å². The highest BCUT2D eigenvalue weighted by Gasteiger charge is 2.02. The van der Waals surface area contributed by atoms with Crippen LogP contribution in [0.3, 0.4) is 0 Å². The largest absolute Gasteiger partial charge is 0.324 e. The summed E-state index contributed by atoms with van der Waals surface area (Å²) in [5.41, 5.74) is 7.08.